The van der Waals surface area contributed by atoms with Crippen molar-refractivity contribution < 1.29 is 9.53 Å². The maximum atomic E-state index is 12.0. The largest absolute Gasteiger partial charge is 0.368 e. The van der Waals surface area contributed by atoms with E-state index in [-0.39, 0.29) is 18.1 Å². The van der Waals surface area contributed by atoms with Crippen LogP contribution < -0.4 is 5.32 Å². The van der Waals surface area contributed by atoms with Gasteiger partial charge in [0.15, 0.2) is 0 Å². The van der Waals surface area contributed by atoms with E-state index in [1.807, 2.05) is 6.92 Å². The molecule has 0 aliphatic carbocycles. The van der Waals surface area contributed by atoms with E-state index in [1.54, 1.807) is 0 Å². The molecule has 0 radical (unpaired) electrons. The number of nitrogens with zero attached hydrogens (tertiary/aromatic N) is 2. The Hall–Kier alpha value is -1.36. The van der Waals surface area contributed by atoms with Crippen molar-refractivity contribution in [2.45, 2.75) is 51.3 Å². The number of carbonyl (C=O) groups excluding carboxylic acids is 1. The second-order valence-corrected chi connectivity index (χ2v) is 5.20. The van der Waals surface area contributed by atoms with Gasteiger partial charge in [-0.1, -0.05) is 0 Å². The summed E-state index contributed by atoms with van der Waals surface area (Å²) in [7, 11) is 0. The molecule has 5 heteroatoms. The minimum Gasteiger partial charge on any atom is -0.368 e. The highest BCUT2D eigenvalue weighted by atomic mass is 16.5. The summed E-state index contributed by atoms with van der Waals surface area (Å²) >= 11 is 0. The van der Waals surface area contributed by atoms with Crippen molar-refractivity contribution in [1.82, 2.24) is 14.9 Å². The number of ether oxygens (including phenoxy) is 1. The quantitative estimate of drug-likeness (QED) is 0.843. The van der Waals surface area contributed by atoms with Crippen LogP contribution in [0.4, 0.5) is 0 Å². The van der Waals surface area contributed by atoms with Gasteiger partial charge in [-0.2, -0.15) is 0 Å². The smallest absolute Gasteiger partial charge is 0.249 e. The fourth-order valence-corrected chi connectivity index (χ4v) is 2.78. The Bertz CT molecular complexity index is 449. The maximum Gasteiger partial charge on any atom is 0.249 e. The van der Waals surface area contributed by atoms with Crippen LogP contribution in [-0.4, -0.2) is 34.2 Å². The fraction of sp³-hybridized carbons (Fsp3) is 0.692. The van der Waals surface area contributed by atoms with Crippen LogP contribution in [0.1, 0.15) is 30.8 Å². The minimum absolute atomic E-state index is 0.0535. The molecule has 3 rings (SSSR count). The summed E-state index contributed by atoms with van der Waals surface area (Å²) < 4.78 is 7.55. The molecule has 2 aliphatic heterocycles. The van der Waals surface area contributed by atoms with Crippen molar-refractivity contribution in [3.05, 3.63) is 17.7 Å². The van der Waals surface area contributed by atoms with E-state index in [0.29, 0.717) is 6.61 Å². The summed E-state index contributed by atoms with van der Waals surface area (Å²) in [6.07, 6.45) is 5.58. The Kier molecular flexibility index (Phi) is 3.07. The number of nitrogens with one attached hydrogen (secondary N) is 1. The lowest BCUT2D eigenvalue weighted by Crippen LogP contribution is -2.45. The number of aryl methyl sites for hydroxylation is 2. The highest BCUT2D eigenvalue weighted by Crippen LogP contribution is 2.17. The molecule has 1 fully saturated rings. The van der Waals surface area contributed by atoms with E-state index >= 15 is 0 Å². The van der Waals surface area contributed by atoms with E-state index in [1.165, 1.54) is 0 Å². The van der Waals surface area contributed by atoms with Crippen molar-refractivity contribution in [3.8, 4) is 0 Å². The molecule has 2 atom stereocenters. The van der Waals surface area contributed by atoms with Gasteiger partial charge in [-0.15, -0.1) is 0 Å². The average Bonchev–Trinajstić information content (AvgIpc) is 2.95. The molecule has 1 amide bonds. The topological polar surface area (TPSA) is 56.2 Å². The molecule has 0 saturated carbocycles. The summed E-state index contributed by atoms with van der Waals surface area (Å²) in [5.74, 6) is 1.19. The number of rotatable bonds is 2. The number of hydrogen-bond acceptors (Lipinski definition) is 3. The van der Waals surface area contributed by atoms with Crippen LogP contribution in [0.15, 0.2) is 6.20 Å². The summed E-state index contributed by atoms with van der Waals surface area (Å²) in [4.78, 5) is 16.4. The van der Waals surface area contributed by atoms with Crippen molar-refractivity contribution in [3.63, 3.8) is 0 Å². The average molecular weight is 249 g/mol. The van der Waals surface area contributed by atoms with Crippen LogP contribution in [0.5, 0.6) is 0 Å². The zero-order valence-corrected chi connectivity index (χ0v) is 10.7. The Labute approximate surface area is 107 Å². The Morgan fingerprint density at radius 3 is 3.22 bits per heavy atom. The molecule has 5 nitrogen and oxygen atoms in total. The standard InChI is InChI=1S/C13H19N3O2/c1-9-7-16-8-10(4-5-12(16)14-9)15-13(17)11-3-2-6-18-11/h7,10-11H,2-6,8H2,1H3,(H,15,17)/t10-,11-/m0/s1. The molecule has 98 valence electrons. The van der Waals surface area contributed by atoms with E-state index in [9.17, 15) is 4.79 Å². The van der Waals surface area contributed by atoms with Crippen LogP contribution in [-0.2, 0) is 22.5 Å². The Morgan fingerprint density at radius 1 is 1.56 bits per heavy atom. The highest BCUT2D eigenvalue weighted by molar-refractivity contribution is 5.81. The zero-order chi connectivity index (χ0) is 12.5. The van der Waals surface area contributed by atoms with Gasteiger partial charge in [-0.3, -0.25) is 4.79 Å². The lowest BCUT2D eigenvalue weighted by atomic mass is 10.1. The lowest BCUT2D eigenvalue weighted by Gasteiger charge is -2.25. The molecule has 3 heterocycles. The first-order valence-corrected chi connectivity index (χ1v) is 6.67. The molecule has 0 bridgehead atoms. The molecule has 1 aromatic heterocycles. The Morgan fingerprint density at radius 2 is 2.44 bits per heavy atom. The number of hydrogen-bond donors (Lipinski definition) is 1. The molecule has 1 saturated heterocycles. The molecule has 0 spiro atoms. The third kappa shape index (κ3) is 2.27. The predicted octanol–water partition coefficient (Wildman–Crippen LogP) is 0.802. The van der Waals surface area contributed by atoms with Gasteiger partial charge in [0.1, 0.15) is 11.9 Å². The van der Waals surface area contributed by atoms with Crippen molar-refractivity contribution in [2.75, 3.05) is 6.61 Å². The van der Waals surface area contributed by atoms with Gasteiger partial charge in [0, 0.05) is 31.8 Å². The number of aromatic nitrogens is 2. The predicted molar refractivity (Wildman–Crippen MR) is 66.2 cm³/mol. The van der Waals surface area contributed by atoms with E-state index in [2.05, 4.69) is 21.1 Å². The lowest BCUT2D eigenvalue weighted by molar-refractivity contribution is -0.131. The number of amides is 1. The summed E-state index contributed by atoms with van der Waals surface area (Å²) in [6.45, 7) is 3.55. The van der Waals surface area contributed by atoms with Gasteiger partial charge in [0.2, 0.25) is 5.91 Å². The summed E-state index contributed by atoms with van der Waals surface area (Å²) in [6, 6.07) is 0.211. The second-order valence-electron chi connectivity index (χ2n) is 5.20. The second kappa shape index (κ2) is 4.72. The van der Waals surface area contributed by atoms with Crippen molar-refractivity contribution >= 4 is 5.91 Å². The third-order valence-electron chi connectivity index (χ3n) is 3.68. The minimum atomic E-state index is -0.226. The van der Waals surface area contributed by atoms with Crippen molar-refractivity contribution in [1.29, 1.82) is 0 Å². The molecular weight excluding hydrogens is 230 g/mol. The van der Waals surface area contributed by atoms with Crippen LogP contribution >= 0.6 is 0 Å². The zero-order valence-electron chi connectivity index (χ0n) is 10.7. The molecule has 0 aromatic carbocycles. The molecule has 2 aliphatic rings. The third-order valence-corrected chi connectivity index (χ3v) is 3.68. The first-order chi connectivity index (χ1) is 8.72. The summed E-state index contributed by atoms with van der Waals surface area (Å²) in [5, 5.41) is 3.10. The van der Waals surface area contributed by atoms with Crippen molar-refractivity contribution in [2.24, 2.45) is 0 Å². The maximum absolute atomic E-state index is 12.0. The van der Waals surface area contributed by atoms with Gasteiger partial charge in [0.25, 0.3) is 0 Å². The van der Waals surface area contributed by atoms with Gasteiger partial charge in [-0.05, 0) is 26.2 Å². The highest BCUT2D eigenvalue weighted by Gasteiger charge is 2.27. The van der Waals surface area contributed by atoms with E-state index in [0.717, 1.165) is 43.7 Å². The van der Waals surface area contributed by atoms with Gasteiger partial charge in [-0.25, -0.2) is 4.98 Å². The number of imidazole rings is 1. The van der Waals surface area contributed by atoms with Crippen LogP contribution in [0, 0.1) is 6.92 Å². The van der Waals surface area contributed by atoms with Gasteiger partial charge < -0.3 is 14.6 Å². The van der Waals surface area contributed by atoms with Crippen LogP contribution in [0.2, 0.25) is 0 Å². The first-order valence-electron chi connectivity index (χ1n) is 6.67. The van der Waals surface area contributed by atoms with E-state index in [4.69, 9.17) is 4.74 Å². The molecule has 18 heavy (non-hydrogen) atoms. The first kappa shape index (κ1) is 11.7. The molecule has 0 unspecified atom stereocenters. The molecule has 1 aromatic rings. The molecule has 1 N–H and O–H groups in total. The number of carbonyl (C=O) groups is 1. The van der Waals surface area contributed by atoms with Crippen LogP contribution in [0.25, 0.3) is 0 Å². The van der Waals surface area contributed by atoms with Gasteiger partial charge >= 0.3 is 0 Å². The van der Waals surface area contributed by atoms with Crippen LogP contribution in [0.3, 0.4) is 0 Å². The molecular formula is C13H19N3O2. The summed E-state index contributed by atoms with van der Waals surface area (Å²) in [5.41, 5.74) is 1.05. The fourth-order valence-electron chi connectivity index (χ4n) is 2.78. The SMILES string of the molecule is Cc1cn2c(n1)CC[C@H](NC(=O)[C@@H]1CCCO1)C2. The van der Waals surface area contributed by atoms with Gasteiger partial charge in [0.05, 0.1) is 5.69 Å². The number of fused-ring (bicyclic) bond motifs is 1. The monoisotopic (exact) mass is 249 g/mol. The Balaban J connectivity index is 1.60. The normalized spacial score (nSPS) is 26.9. The van der Waals surface area contributed by atoms with E-state index < -0.39 is 0 Å².